The number of piperazine rings is 1. The number of nitrogens with zero attached hydrogens (tertiary/aromatic N) is 3. The van der Waals surface area contributed by atoms with Crippen LogP contribution in [0.3, 0.4) is 0 Å². The molecule has 2 heterocycles. The minimum atomic E-state index is -0.387. The van der Waals surface area contributed by atoms with E-state index < -0.39 is 0 Å². The smallest absolute Gasteiger partial charge is 0.238 e. The van der Waals surface area contributed by atoms with Crippen molar-refractivity contribution in [2.24, 2.45) is 0 Å². The summed E-state index contributed by atoms with van der Waals surface area (Å²) in [5.41, 5.74) is 0.930. The summed E-state index contributed by atoms with van der Waals surface area (Å²) in [5, 5.41) is 11.8. The number of carbonyl (C=O) groups excluding carboxylic acids is 1. The Morgan fingerprint density at radius 2 is 2.21 bits per heavy atom. The van der Waals surface area contributed by atoms with Crippen molar-refractivity contribution in [1.82, 2.24) is 15.2 Å². The number of hydrogen-bond donors (Lipinski definition) is 1. The zero-order valence-electron chi connectivity index (χ0n) is 11.3. The van der Waals surface area contributed by atoms with E-state index in [1.807, 2.05) is 12.1 Å². The second kappa shape index (κ2) is 5.37. The van der Waals surface area contributed by atoms with Crippen molar-refractivity contribution in [3.63, 3.8) is 0 Å². The highest BCUT2D eigenvalue weighted by Crippen LogP contribution is 2.25. The monoisotopic (exact) mass is 258 g/mol. The van der Waals surface area contributed by atoms with Gasteiger partial charge >= 0.3 is 0 Å². The molecule has 0 saturated carbocycles. The van der Waals surface area contributed by atoms with Gasteiger partial charge < -0.3 is 5.32 Å². The Labute approximate surface area is 113 Å². The lowest BCUT2D eigenvalue weighted by Gasteiger charge is -2.46. The van der Waals surface area contributed by atoms with Gasteiger partial charge in [0.25, 0.3) is 0 Å². The largest absolute Gasteiger partial charge is 0.353 e. The van der Waals surface area contributed by atoms with E-state index in [0.717, 1.165) is 5.56 Å². The number of nitriles is 1. The van der Waals surface area contributed by atoms with Gasteiger partial charge in [-0.3, -0.25) is 14.7 Å². The van der Waals surface area contributed by atoms with Crippen LogP contribution in [-0.4, -0.2) is 33.9 Å². The van der Waals surface area contributed by atoms with Crippen LogP contribution in [0.2, 0.25) is 0 Å². The van der Waals surface area contributed by atoms with Crippen molar-refractivity contribution in [2.75, 3.05) is 6.54 Å². The maximum atomic E-state index is 12.0. The zero-order valence-corrected chi connectivity index (χ0v) is 11.3. The first-order valence-electron chi connectivity index (χ1n) is 6.35. The van der Waals surface area contributed by atoms with Gasteiger partial charge in [-0.2, -0.15) is 5.26 Å². The molecule has 1 fully saturated rings. The summed E-state index contributed by atoms with van der Waals surface area (Å²) in [6.45, 7) is 5.41. The molecule has 1 aromatic heterocycles. The van der Waals surface area contributed by atoms with Crippen LogP contribution in [0.15, 0.2) is 24.5 Å². The Morgan fingerprint density at radius 1 is 1.53 bits per heavy atom. The zero-order chi connectivity index (χ0) is 13.9. The Bertz CT molecular complexity index is 492. The number of aromatic nitrogens is 1. The van der Waals surface area contributed by atoms with Crippen molar-refractivity contribution in [1.29, 1.82) is 5.26 Å². The molecule has 1 atom stereocenters. The van der Waals surface area contributed by atoms with Crippen molar-refractivity contribution < 1.29 is 4.79 Å². The predicted octanol–water partition coefficient (Wildman–Crippen LogP) is 1.07. The molecule has 1 aromatic rings. The van der Waals surface area contributed by atoms with E-state index in [0.29, 0.717) is 13.1 Å². The van der Waals surface area contributed by atoms with Gasteiger partial charge in [-0.05, 0) is 31.5 Å². The first kappa shape index (κ1) is 13.5. The average molecular weight is 258 g/mol. The highest BCUT2D eigenvalue weighted by atomic mass is 16.2. The van der Waals surface area contributed by atoms with Gasteiger partial charge in [0.2, 0.25) is 5.91 Å². The summed E-state index contributed by atoms with van der Waals surface area (Å²) in [7, 11) is 0. The number of pyridine rings is 1. The molecule has 100 valence electrons. The van der Waals surface area contributed by atoms with E-state index in [-0.39, 0.29) is 23.9 Å². The Balaban J connectivity index is 2.25. The molecule has 1 N–H and O–H groups in total. The van der Waals surface area contributed by atoms with Gasteiger partial charge in [-0.25, -0.2) is 0 Å². The number of nitrogens with one attached hydrogen (secondary N) is 1. The molecule has 0 spiro atoms. The van der Waals surface area contributed by atoms with Crippen LogP contribution >= 0.6 is 0 Å². The molecular weight excluding hydrogens is 240 g/mol. The SMILES string of the molecule is CC1(C)CNC(=O)C(CC#N)N1Cc1ccncc1. The van der Waals surface area contributed by atoms with Crippen LogP contribution < -0.4 is 5.32 Å². The standard InChI is InChI=1S/C14H18N4O/c1-14(2)10-17-13(19)12(3-6-15)18(14)9-11-4-7-16-8-5-11/h4-5,7-8,12H,3,9-10H2,1-2H3,(H,17,19). The van der Waals surface area contributed by atoms with Crippen LogP contribution in [0, 0.1) is 11.3 Å². The summed E-state index contributed by atoms with van der Waals surface area (Å²) in [4.78, 5) is 18.1. The number of rotatable bonds is 3. The molecule has 5 nitrogen and oxygen atoms in total. The fourth-order valence-corrected chi connectivity index (χ4v) is 2.38. The van der Waals surface area contributed by atoms with Crippen LogP contribution in [0.1, 0.15) is 25.8 Å². The normalized spacial score (nSPS) is 22.6. The van der Waals surface area contributed by atoms with Crippen molar-refractivity contribution in [2.45, 2.75) is 38.4 Å². The van der Waals surface area contributed by atoms with Gasteiger partial charge in [0.05, 0.1) is 12.5 Å². The molecule has 0 aliphatic carbocycles. The second-order valence-corrected chi connectivity index (χ2v) is 5.39. The van der Waals surface area contributed by atoms with E-state index in [1.165, 1.54) is 0 Å². The van der Waals surface area contributed by atoms with E-state index in [1.54, 1.807) is 12.4 Å². The lowest BCUT2D eigenvalue weighted by Crippen LogP contribution is -2.64. The summed E-state index contributed by atoms with van der Waals surface area (Å²) in [5.74, 6) is -0.0602. The maximum absolute atomic E-state index is 12.0. The average Bonchev–Trinajstić information content (AvgIpc) is 2.40. The van der Waals surface area contributed by atoms with Gasteiger partial charge in [0.1, 0.15) is 6.04 Å². The fourth-order valence-electron chi connectivity index (χ4n) is 2.38. The van der Waals surface area contributed by atoms with E-state index in [4.69, 9.17) is 5.26 Å². The van der Waals surface area contributed by atoms with Crippen LogP contribution in [0.4, 0.5) is 0 Å². The Hall–Kier alpha value is -1.93. The van der Waals surface area contributed by atoms with Crippen molar-refractivity contribution in [3.8, 4) is 6.07 Å². The van der Waals surface area contributed by atoms with Crippen LogP contribution in [-0.2, 0) is 11.3 Å². The fraction of sp³-hybridized carbons (Fsp3) is 0.500. The molecule has 1 saturated heterocycles. The first-order chi connectivity index (χ1) is 9.04. The van der Waals surface area contributed by atoms with Gasteiger partial charge in [0.15, 0.2) is 0 Å². The van der Waals surface area contributed by atoms with E-state index in [2.05, 4.69) is 35.1 Å². The molecule has 5 heteroatoms. The maximum Gasteiger partial charge on any atom is 0.238 e. The van der Waals surface area contributed by atoms with Gasteiger partial charge in [0, 0.05) is 31.0 Å². The predicted molar refractivity (Wildman–Crippen MR) is 70.9 cm³/mol. The van der Waals surface area contributed by atoms with Crippen LogP contribution in [0.5, 0.6) is 0 Å². The lowest BCUT2D eigenvalue weighted by atomic mass is 9.93. The highest BCUT2D eigenvalue weighted by Gasteiger charge is 2.40. The van der Waals surface area contributed by atoms with E-state index >= 15 is 0 Å². The minimum absolute atomic E-state index is 0.0602. The molecule has 0 radical (unpaired) electrons. The molecule has 2 rings (SSSR count). The molecule has 1 amide bonds. The number of hydrogen-bond acceptors (Lipinski definition) is 4. The molecular formula is C14H18N4O. The van der Waals surface area contributed by atoms with E-state index in [9.17, 15) is 4.79 Å². The van der Waals surface area contributed by atoms with Gasteiger partial charge in [-0.1, -0.05) is 0 Å². The van der Waals surface area contributed by atoms with Crippen molar-refractivity contribution in [3.05, 3.63) is 30.1 Å². The van der Waals surface area contributed by atoms with Crippen molar-refractivity contribution >= 4 is 5.91 Å². The first-order valence-corrected chi connectivity index (χ1v) is 6.35. The van der Waals surface area contributed by atoms with Gasteiger partial charge in [-0.15, -0.1) is 0 Å². The topological polar surface area (TPSA) is 69.0 Å². The summed E-state index contributed by atoms with van der Waals surface area (Å²) >= 11 is 0. The molecule has 19 heavy (non-hydrogen) atoms. The summed E-state index contributed by atoms with van der Waals surface area (Å²) in [6.07, 6.45) is 3.69. The molecule has 0 aromatic carbocycles. The molecule has 1 unspecified atom stereocenters. The Kier molecular flexibility index (Phi) is 3.82. The second-order valence-electron chi connectivity index (χ2n) is 5.39. The lowest BCUT2D eigenvalue weighted by molar-refractivity contribution is -0.134. The van der Waals surface area contributed by atoms with Crippen LogP contribution in [0.25, 0.3) is 0 Å². The quantitative estimate of drug-likeness (QED) is 0.880. The number of amides is 1. The summed E-state index contributed by atoms with van der Waals surface area (Å²) in [6, 6.07) is 5.59. The Morgan fingerprint density at radius 3 is 2.84 bits per heavy atom. The molecule has 0 bridgehead atoms. The molecule has 1 aliphatic heterocycles. The molecule has 1 aliphatic rings. The third-order valence-electron chi connectivity index (χ3n) is 3.54. The minimum Gasteiger partial charge on any atom is -0.353 e. The third-order valence-corrected chi connectivity index (χ3v) is 3.54. The number of carbonyl (C=O) groups is 1. The third kappa shape index (κ3) is 2.91. The summed E-state index contributed by atoms with van der Waals surface area (Å²) < 4.78 is 0. The highest BCUT2D eigenvalue weighted by molar-refractivity contribution is 5.83.